The summed E-state index contributed by atoms with van der Waals surface area (Å²) in [4.78, 5) is 28.0. The molecule has 0 aliphatic rings. The predicted molar refractivity (Wildman–Crippen MR) is 142 cm³/mol. The average molecular weight is 508 g/mol. The van der Waals surface area contributed by atoms with E-state index in [4.69, 9.17) is 0 Å². The van der Waals surface area contributed by atoms with Gasteiger partial charge in [0.25, 0.3) is 10.0 Å². The first-order chi connectivity index (χ1) is 17.1. The minimum Gasteiger partial charge on any atom is -0.355 e. The van der Waals surface area contributed by atoms with Gasteiger partial charge in [0.1, 0.15) is 12.6 Å². The Balaban J connectivity index is 2.04. The standard InChI is InChI=1S/C28H33N3O4S/c1-5-29-28(33)23(4)30(19-24-12-8-6-9-13-24)27(32)20-31(26-17-16-21(2)18-22(26)3)36(34,35)25-14-10-7-11-15-25/h6-18,23H,5,19-20H2,1-4H3,(H,29,33)/t23-/m0/s1. The van der Waals surface area contributed by atoms with Crippen molar-refractivity contribution >= 4 is 27.5 Å². The summed E-state index contributed by atoms with van der Waals surface area (Å²) in [5, 5.41) is 2.76. The fourth-order valence-corrected chi connectivity index (χ4v) is 5.50. The fraction of sp³-hybridized carbons (Fsp3) is 0.286. The molecule has 3 rings (SSSR count). The van der Waals surface area contributed by atoms with Gasteiger partial charge in [-0.15, -0.1) is 0 Å². The SMILES string of the molecule is CCNC(=O)[C@H](C)N(Cc1ccccc1)C(=O)CN(c1ccc(C)cc1C)S(=O)(=O)c1ccccc1. The van der Waals surface area contributed by atoms with E-state index in [2.05, 4.69) is 5.32 Å². The molecule has 1 N–H and O–H groups in total. The predicted octanol–water partition coefficient (Wildman–Crippen LogP) is 4.05. The van der Waals surface area contributed by atoms with Crippen LogP contribution >= 0.6 is 0 Å². The van der Waals surface area contributed by atoms with Crippen molar-refractivity contribution in [3.8, 4) is 0 Å². The van der Waals surface area contributed by atoms with Crippen LogP contribution < -0.4 is 9.62 Å². The van der Waals surface area contributed by atoms with Crippen LogP contribution in [0.3, 0.4) is 0 Å². The Bertz CT molecular complexity index is 1290. The van der Waals surface area contributed by atoms with Gasteiger partial charge in [-0.1, -0.05) is 66.2 Å². The van der Waals surface area contributed by atoms with Gasteiger partial charge >= 0.3 is 0 Å². The highest BCUT2D eigenvalue weighted by atomic mass is 32.2. The zero-order valence-electron chi connectivity index (χ0n) is 21.1. The van der Waals surface area contributed by atoms with Crippen molar-refractivity contribution in [1.29, 1.82) is 0 Å². The summed E-state index contributed by atoms with van der Waals surface area (Å²) in [5.74, 6) is -0.775. The largest absolute Gasteiger partial charge is 0.355 e. The number of anilines is 1. The maximum absolute atomic E-state index is 13.8. The van der Waals surface area contributed by atoms with Gasteiger partial charge in [-0.2, -0.15) is 0 Å². The first-order valence-corrected chi connectivity index (χ1v) is 13.3. The van der Waals surface area contributed by atoms with Crippen LogP contribution in [-0.2, 0) is 26.2 Å². The molecule has 0 bridgehead atoms. The maximum atomic E-state index is 13.8. The van der Waals surface area contributed by atoms with Gasteiger partial charge in [-0.25, -0.2) is 8.42 Å². The minimum absolute atomic E-state index is 0.0872. The Labute approximate surface area is 213 Å². The van der Waals surface area contributed by atoms with Crippen LogP contribution in [0.5, 0.6) is 0 Å². The van der Waals surface area contributed by atoms with E-state index in [1.54, 1.807) is 31.2 Å². The number of likely N-dealkylation sites (N-methyl/N-ethyl adjacent to an activating group) is 1. The highest BCUT2D eigenvalue weighted by Crippen LogP contribution is 2.28. The van der Waals surface area contributed by atoms with E-state index in [0.717, 1.165) is 21.0 Å². The van der Waals surface area contributed by atoms with Gasteiger partial charge in [0, 0.05) is 13.1 Å². The topological polar surface area (TPSA) is 86.8 Å². The number of nitrogens with one attached hydrogen (secondary N) is 1. The van der Waals surface area contributed by atoms with E-state index in [-0.39, 0.29) is 17.3 Å². The van der Waals surface area contributed by atoms with E-state index in [1.165, 1.54) is 17.0 Å². The number of hydrogen-bond donors (Lipinski definition) is 1. The number of carbonyl (C=O) groups excluding carboxylic acids is 2. The second-order valence-corrected chi connectivity index (χ2v) is 10.6. The van der Waals surface area contributed by atoms with Crippen LogP contribution in [0.4, 0.5) is 5.69 Å². The number of hydrogen-bond acceptors (Lipinski definition) is 4. The number of sulfonamides is 1. The highest BCUT2D eigenvalue weighted by Gasteiger charge is 2.32. The Hall–Kier alpha value is -3.65. The molecule has 0 aromatic heterocycles. The molecule has 0 spiro atoms. The van der Waals surface area contributed by atoms with Crippen LogP contribution in [0.15, 0.2) is 83.8 Å². The first-order valence-electron chi connectivity index (χ1n) is 11.9. The number of aryl methyl sites for hydroxylation is 2. The third-order valence-electron chi connectivity index (χ3n) is 5.95. The van der Waals surface area contributed by atoms with E-state index in [1.807, 2.05) is 63.2 Å². The average Bonchev–Trinajstić information content (AvgIpc) is 2.87. The van der Waals surface area contributed by atoms with Crippen LogP contribution in [0.25, 0.3) is 0 Å². The zero-order valence-corrected chi connectivity index (χ0v) is 22.0. The molecular weight excluding hydrogens is 474 g/mol. The monoisotopic (exact) mass is 507 g/mol. The number of amides is 2. The molecule has 0 aliphatic carbocycles. The third kappa shape index (κ3) is 6.31. The Kier molecular flexibility index (Phi) is 8.88. The maximum Gasteiger partial charge on any atom is 0.264 e. The summed E-state index contributed by atoms with van der Waals surface area (Å²) in [6.07, 6.45) is 0. The lowest BCUT2D eigenvalue weighted by Crippen LogP contribution is -2.51. The van der Waals surface area contributed by atoms with Crippen LogP contribution in [-0.4, -0.2) is 44.3 Å². The number of nitrogens with zero attached hydrogens (tertiary/aromatic N) is 2. The molecule has 0 fully saturated rings. The third-order valence-corrected chi connectivity index (χ3v) is 7.72. The van der Waals surface area contributed by atoms with Crippen LogP contribution in [0.2, 0.25) is 0 Å². The van der Waals surface area contributed by atoms with E-state index in [0.29, 0.717) is 12.2 Å². The molecule has 3 aromatic carbocycles. The van der Waals surface area contributed by atoms with Crippen molar-refractivity contribution in [2.75, 3.05) is 17.4 Å². The van der Waals surface area contributed by atoms with Crippen LogP contribution in [0.1, 0.15) is 30.5 Å². The lowest BCUT2D eigenvalue weighted by Gasteiger charge is -2.32. The van der Waals surface area contributed by atoms with Crippen molar-refractivity contribution in [1.82, 2.24) is 10.2 Å². The molecule has 0 saturated carbocycles. The molecule has 0 saturated heterocycles. The smallest absolute Gasteiger partial charge is 0.264 e. The Morgan fingerprint density at radius 3 is 2.11 bits per heavy atom. The zero-order chi connectivity index (χ0) is 26.3. The molecule has 2 amide bonds. The van der Waals surface area contributed by atoms with E-state index >= 15 is 0 Å². The van der Waals surface area contributed by atoms with Gasteiger partial charge in [0.05, 0.1) is 10.6 Å². The number of carbonyl (C=O) groups is 2. The molecule has 0 radical (unpaired) electrons. The van der Waals surface area contributed by atoms with Gasteiger partial charge in [0.2, 0.25) is 11.8 Å². The van der Waals surface area contributed by atoms with Gasteiger partial charge in [0.15, 0.2) is 0 Å². The van der Waals surface area contributed by atoms with E-state index in [9.17, 15) is 18.0 Å². The second-order valence-electron chi connectivity index (χ2n) is 8.69. The van der Waals surface area contributed by atoms with Crippen LogP contribution in [0, 0.1) is 13.8 Å². The molecule has 0 unspecified atom stereocenters. The minimum atomic E-state index is -4.06. The normalized spacial score (nSPS) is 12.0. The molecule has 8 heteroatoms. The van der Waals surface area contributed by atoms with Crippen molar-refractivity contribution in [3.63, 3.8) is 0 Å². The summed E-state index contributed by atoms with van der Waals surface area (Å²) >= 11 is 0. The summed E-state index contributed by atoms with van der Waals surface area (Å²) in [6, 6.07) is 22.0. The molecule has 0 heterocycles. The van der Waals surface area contributed by atoms with Gasteiger partial charge in [-0.05, 0) is 57.0 Å². The number of rotatable bonds is 10. The van der Waals surface area contributed by atoms with Gasteiger partial charge in [-0.3, -0.25) is 13.9 Å². The molecule has 36 heavy (non-hydrogen) atoms. The molecule has 190 valence electrons. The van der Waals surface area contributed by atoms with Gasteiger partial charge < -0.3 is 10.2 Å². The highest BCUT2D eigenvalue weighted by molar-refractivity contribution is 7.92. The number of benzene rings is 3. The van der Waals surface area contributed by atoms with Crippen molar-refractivity contribution < 1.29 is 18.0 Å². The first kappa shape index (κ1) is 26.9. The second kappa shape index (κ2) is 11.9. The summed E-state index contributed by atoms with van der Waals surface area (Å²) in [5.41, 5.74) is 2.97. The molecule has 1 atom stereocenters. The fourth-order valence-electron chi connectivity index (χ4n) is 4.00. The quantitative estimate of drug-likeness (QED) is 0.449. The lowest BCUT2D eigenvalue weighted by molar-refractivity contribution is -0.139. The van der Waals surface area contributed by atoms with Crippen molar-refractivity contribution in [3.05, 3.63) is 95.6 Å². The van der Waals surface area contributed by atoms with Crippen molar-refractivity contribution in [2.45, 2.75) is 45.2 Å². The lowest BCUT2D eigenvalue weighted by atomic mass is 10.1. The van der Waals surface area contributed by atoms with E-state index < -0.39 is 28.5 Å². The van der Waals surface area contributed by atoms with Crippen molar-refractivity contribution in [2.24, 2.45) is 0 Å². The molecule has 0 aliphatic heterocycles. The summed E-state index contributed by atoms with van der Waals surface area (Å²) < 4.78 is 28.7. The summed E-state index contributed by atoms with van der Waals surface area (Å²) in [6.45, 7) is 7.35. The Morgan fingerprint density at radius 1 is 0.917 bits per heavy atom. The Morgan fingerprint density at radius 2 is 1.53 bits per heavy atom. The summed E-state index contributed by atoms with van der Waals surface area (Å²) in [7, 11) is -4.06. The molecule has 7 nitrogen and oxygen atoms in total. The molecule has 3 aromatic rings. The molecular formula is C28H33N3O4S.